The predicted octanol–water partition coefficient (Wildman–Crippen LogP) is 3.27. The number of pyridine rings is 1. The maximum atomic E-state index is 12.9. The highest BCUT2D eigenvalue weighted by atomic mass is 19.4. The van der Waals surface area contributed by atoms with Gasteiger partial charge in [0.25, 0.3) is 0 Å². The monoisotopic (exact) mass is 390 g/mol. The molecule has 1 aliphatic rings. The first-order chi connectivity index (χ1) is 13.2. The van der Waals surface area contributed by atoms with Crippen molar-refractivity contribution in [1.82, 2.24) is 20.1 Å². The Hall–Kier alpha value is -3.10. The molecule has 0 aliphatic carbocycles. The molecule has 0 spiro atoms. The van der Waals surface area contributed by atoms with Gasteiger partial charge in [-0.05, 0) is 36.8 Å². The van der Waals surface area contributed by atoms with E-state index in [1.165, 1.54) is 6.92 Å². The smallest absolute Gasteiger partial charge is 0.416 e. The molecule has 9 heteroatoms. The van der Waals surface area contributed by atoms with Crippen molar-refractivity contribution in [3.05, 3.63) is 41.6 Å². The van der Waals surface area contributed by atoms with Gasteiger partial charge in [-0.2, -0.15) is 18.3 Å². The Bertz CT molecular complexity index is 1050. The topological polar surface area (TPSA) is 80.0 Å². The van der Waals surface area contributed by atoms with Crippen molar-refractivity contribution in [3.8, 4) is 17.0 Å². The SMILES string of the molecule is Cc1cc(C(F)(F)F)cc(O)c1-c1ccc2cn(CC3CNC(=O)C3)nc2n1. The Morgan fingerprint density at radius 1 is 1.32 bits per heavy atom. The molecule has 28 heavy (non-hydrogen) atoms. The van der Waals surface area contributed by atoms with Crippen LogP contribution in [-0.2, 0) is 17.5 Å². The fraction of sp³-hybridized carbons (Fsp3) is 0.316. The molecule has 1 saturated heterocycles. The summed E-state index contributed by atoms with van der Waals surface area (Å²) in [5.74, 6) is -0.299. The summed E-state index contributed by atoms with van der Waals surface area (Å²) in [7, 11) is 0. The van der Waals surface area contributed by atoms with E-state index in [2.05, 4.69) is 15.4 Å². The molecule has 6 nitrogen and oxygen atoms in total. The van der Waals surface area contributed by atoms with Crippen LogP contribution in [0.5, 0.6) is 5.75 Å². The minimum atomic E-state index is -4.53. The third-order valence-electron chi connectivity index (χ3n) is 4.82. The number of carbonyl (C=O) groups excluding carboxylic acids is 1. The normalized spacial score (nSPS) is 17.3. The number of phenols is 1. The number of aromatic nitrogens is 3. The van der Waals surface area contributed by atoms with Crippen molar-refractivity contribution < 1.29 is 23.1 Å². The number of carbonyl (C=O) groups is 1. The number of alkyl halides is 3. The molecule has 2 N–H and O–H groups in total. The molecule has 3 aromatic rings. The molecule has 3 heterocycles. The zero-order valence-corrected chi connectivity index (χ0v) is 14.9. The van der Waals surface area contributed by atoms with Crippen LogP contribution >= 0.6 is 0 Å². The summed E-state index contributed by atoms with van der Waals surface area (Å²) in [5, 5.41) is 18.1. The number of aryl methyl sites for hydroxylation is 1. The summed E-state index contributed by atoms with van der Waals surface area (Å²) in [6, 6.07) is 5.10. The molecular formula is C19H17F3N4O2. The minimum absolute atomic E-state index is 0.0235. The fourth-order valence-electron chi connectivity index (χ4n) is 3.51. The largest absolute Gasteiger partial charge is 0.507 e. The van der Waals surface area contributed by atoms with E-state index in [9.17, 15) is 23.1 Å². The van der Waals surface area contributed by atoms with Crippen LogP contribution in [0.3, 0.4) is 0 Å². The van der Waals surface area contributed by atoms with Crippen molar-refractivity contribution in [2.45, 2.75) is 26.1 Å². The molecule has 2 aromatic heterocycles. The van der Waals surface area contributed by atoms with E-state index in [0.717, 1.165) is 11.5 Å². The van der Waals surface area contributed by atoms with E-state index in [1.807, 2.05) is 6.20 Å². The van der Waals surface area contributed by atoms with Gasteiger partial charge in [0.2, 0.25) is 5.91 Å². The van der Waals surface area contributed by atoms with Crippen LogP contribution in [0.25, 0.3) is 22.3 Å². The number of amides is 1. The number of fused-ring (bicyclic) bond motifs is 1. The predicted molar refractivity (Wildman–Crippen MR) is 95.5 cm³/mol. The van der Waals surface area contributed by atoms with Crippen LogP contribution in [0.15, 0.2) is 30.5 Å². The van der Waals surface area contributed by atoms with Crippen molar-refractivity contribution in [1.29, 1.82) is 0 Å². The number of halogens is 3. The summed E-state index contributed by atoms with van der Waals surface area (Å²) >= 11 is 0. The lowest BCUT2D eigenvalue weighted by molar-refractivity contribution is -0.137. The molecule has 1 atom stereocenters. The van der Waals surface area contributed by atoms with E-state index in [0.29, 0.717) is 36.9 Å². The first kappa shape index (κ1) is 18.3. The van der Waals surface area contributed by atoms with Crippen LogP contribution in [0.1, 0.15) is 17.5 Å². The van der Waals surface area contributed by atoms with Crippen molar-refractivity contribution in [2.24, 2.45) is 5.92 Å². The summed E-state index contributed by atoms with van der Waals surface area (Å²) in [4.78, 5) is 15.7. The van der Waals surface area contributed by atoms with E-state index in [-0.39, 0.29) is 23.0 Å². The average Bonchev–Trinajstić information content (AvgIpc) is 3.18. The number of nitrogens with zero attached hydrogens (tertiary/aromatic N) is 3. The quantitative estimate of drug-likeness (QED) is 0.719. The molecule has 4 rings (SSSR count). The van der Waals surface area contributed by atoms with Gasteiger partial charge in [0.05, 0.1) is 11.3 Å². The molecule has 1 amide bonds. The van der Waals surface area contributed by atoms with E-state index in [4.69, 9.17) is 0 Å². The Morgan fingerprint density at radius 2 is 2.11 bits per heavy atom. The number of hydrogen-bond acceptors (Lipinski definition) is 4. The van der Waals surface area contributed by atoms with Crippen LogP contribution in [0.2, 0.25) is 0 Å². The molecular weight excluding hydrogens is 373 g/mol. The molecule has 1 fully saturated rings. The van der Waals surface area contributed by atoms with Crippen LogP contribution < -0.4 is 5.32 Å². The summed E-state index contributed by atoms with van der Waals surface area (Å²) in [6.45, 7) is 2.67. The number of rotatable bonds is 3. The average molecular weight is 390 g/mol. The summed E-state index contributed by atoms with van der Waals surface area (Å²) < 4.78 is 40.5. The minimum Gasteiger partial charge on any atom is -0.507 e. The zero-order valence-electron chi connectivity index (χ0n) is 14.9. The highest BCUT2D eigenvalue weighted by Crippen LogP contribution is 2.38. The maximum absolute atomic E-state index is 12.9. The summed E-state index contributed by atoms with van der Waals surface area (Å²) in [6.07, 6.45) is -2.27. The number of benzene rings is 1. The second-order valence-electron chi connectivity index (χ2n) is 7.02. The summed E-state index contributed by atoms with van der Waals surface area (Å²) in [5.41, 5.74) is 0.383. The second kappa shape index (κ2) is 6.50. The standard InChI is InChI=1S/C19H17F3N4O2/c1-10-4-13(19(20,21)22)6-15(27)17(10)14-3-2-12-9-26(25-18(12)24-14)8-11-5-16(28)23-7-11/h2-4,6,9,11,27H,5,7-8H2,1H3,(H,23,28). The van der Waals surface area contributed by atoms with E-state index < -0.39 is 17.5 Å². The number of aromatic hydroxyl groups is 1. The van der Waals surface area contributed by atoms with Crippen LogP contribution in [0.4, 0.5) is 13.2 Å². The molecule has 0 saturated carbocycles. The van der Waals surface area contributed by atoms with Gasteiger partial charge in [0, 0.05) is 42.6 Å². The number of nitrogens with one attached hydrogen (secondary N) is 1. The first-order valence-corrected chi connectivity index (χ1v) is 8.73. The van der Waals surface area contributed by atoms with Crippen LogP contribution in [0, 0.1) is 12.8 Å². The molecule has 0 bridgehead atoms. The maximum Gasteiger partial charge on any atom is 0.416 e. The lowest BCUT2D eigenvalue weighted by atomic mass is 10.00. The van der Waals surface area contributed by atoms with Gasteiger partial charge in [0.1, 0.15) is 5.75 Å². The number of hydrogen-bond donors (Lipinski definition) is 2. The lowest BCUT2D eigenvalue weighted by Crippen LogP contribution is -2.16. The zero-order chi connectivity index (χ0) is 20.1. The first-order valence-electron chi connectivity index (χ1n) is 8.73. The molecule has 1 unspecified atom stereocenters. The molecule has 146 valence electrons. The van der Waals surface area contributed by atoms with E-state index >= 15 is 0 Å². The van der Waals surface area contributed by atoms with Crippen molar-refractivity contribution in [3.63, 3.8) is 0 Å². The Kier molecular flexibility index (Phi) is 4.24. The molecule has 1 aromatic carbocycles. The Balaban J connectivity index is 1.67. The van der Waals surface area contributed by atoms with Gasteiger partial charge >= 0.3 is 6.18 Å². The van der Waals surface area contributed by atoms with Crippen molar-refractivity contribution >= 4 is 16.9 Å². The van der Waals surface area contributed by atoms with Gasteiger partial charge in [-0.1, -0.05) is 0 Å². The highest BCUT2D eigenvalue weighted by Gasteiger charge is 2.32. The third-order valence-corrected chi connectivity index (χ3v) is 4.82. The fourth-order valence-corrected chi connectivity index (χ4v) is 3.51. The third kappa shape index (κ3) is 3.39. The Labute approximate surface area is 158 Å². The van der Waals surface area contributed by atoms with Crippen molar-refractivity contribution in [2.75, 3.05) is 6.54 Å². The van der Waals surface area contributed by atoms with Gasteiger partial charge in [0.15, 0.2) is 5.65 Å². The lowest BCUT2D eigenvalue weighted by Gasteiger charge is -2.13. The van der Waals surface area contributed by atoms with Gasteiger partial charge in [-0.25, -0.2) is 4.98 Å². The second-order valence-corrected chi connectivity index (χ2v) is 7.02. The van der Waals surface area contributed by atoms with Gasteiger partial charge in [-0.3, -0.25) is 9.48 Å². The number of phenolic OH excluding ortho intramolecular Hbond substituents is 1. The Morgan fingerprint density at radius 3 is 2.75 bits per heavy atom. The molecule has 1 aliphatic heterocycles. The van der Waals surface area contributed by atoms with Gasteiger partial charge < -0.3 is 10.4 Å². The highest BCUT2D eigenvalue weighted by molar-refractivity contribution is 5.80. The molecule has 0 radical (unpaired) electrons. The van der Waals surface area contributed by atoms with Crippen LogP contribution in [-0.4, -0.2) is 32.3 Å². The van der Waals surface area contributed by atoms with Gasteiger partial charge in [-0.15, -0.1) is 0 Å². The van der Waals surface area contributed by atoms with E-state index in [1.54, 1.807) is 16.8 Å².